The molecule has 0 saturated heterocycles. The molecule has 1 aliphatic rings. The SMILES string of the molecule is CCNC(c1nc(C)cs1)c1nc2c(s1)CCCC2. The minimum Gasteiger partial charge on any atom is -0.303 e. The number of aryl methyl sites for hydroxylation is 3. The van der Waals surface area contributed by atoms with Crippen molar-refractivity contribution in [1.82, 2.24) is 15.3 Å². The summed E-state index contributed by atoms with van der Waals surface area (Å²) in [6, 6.07) is 0.180. The van der Waals surface area contributed by atoms with Crippen molar-refractivity contribution >= 4 is 22.7 Å². The number of hydrogen-bond acceptors (Lipinski definition) is 5. The minimum atomic E-state index is 0.180. The molecule has 3 nitrogen and oxygen atoms in total. The summed E-state index contributed by atoms with van der Waals surface area (Å²) in [6.45, 7) is 5.13. The molecule has 1 N–H and O–H groups in total. The van der Waals surface area contributed by atoms with E-state index in [4.69, 9.17) is 4.98 Å². The Balaban J connectivity index is 1.93. The van der Waals surface area contributed by atoms with Gasteiger partial charge < -0.3 is 5.32 Å². The molecule has 0 aromatic carbocycles. The summed E-state index contributed by atoms with van der Waals surface area (Å²) in [5.74, 6) is 0. The first-order valence-electron chi connectivity index (χ1n) is 6.91. The van der Waals surface area contributed by atoms with Gasteiger partial charge in [0.2, 0.25) is 0 Å². The molecule has 102 valence electrons. The predicted molar refractivity (Wildman–Crippen MR) is 81.1 cm³/mol. The van der Waals surface area contributed by atoms with Gasteiger partial charge in [0.05, 0.1) is 5.69 Å². The van der Waals surface area contributed by atoms with Gasteiger partial charge in [0.25, 0.3) is 0 Å². The first kappa shape index (κ1) is 13.2. The summed E-state index contributed by atoms with van der Waals surface area (Å²) in [4.78, 5) is 11.0. The van der Waals surface area contributed by atoms with Crippen molar-refractivity contribution in [3.63, 3.8) is 0 Å². The quantitative estimate of drug-likeness (QED) is 0.937. The molecular formula is C14H19N3S2. The fourth-order valence-corrected chi connectivity index (χ4v) is 4.66. The van der Waals surface area contributed by atoms with E-state index in [2.05, 4.69) is 29.5 Å². The monoisotopic (exact) mass is 293 g/mol. The molecule has 2 heterocycles. The van der Waals surface area contributed by atoms with Crippen LogP contribution in [0.2, 0.25) is 0 Å². The number of nitrogens with zero attached hydrogens (tertiary/aromatic N) is 2. The lowest BCUT2D eigenvalue weighted by molar-refractivity contribution is 0.617. The molecule has 0 saturated carbocycles. The number of hydrogen-bond donors (Lipinski definition) is 1. The number of thiazole rings is 2. The van der Waals surface area contributed by atoms with E-state index in [0.29, 0.717) is 0 Å². The van der Waals surface area contributed by atoms with Crippen LogP contribution >= 0.6 is 22.7 Å². The maximum atomic E-state index is 4.88. The van der Waals surface area contributed by atoms with E-state index in [-0.39, 0.29) is 6.04 Å². The van der Waals surface area contributed by atoms with Crippen LogP contribution in [0.3, 0.4) is 0 Å². The van der Waals surface area contributed by atoms with Gasteiger partial charge in [-0.05, 0) is 39.2 Å². The van der Waals surface area contributed by atoms with Gasteiger partial charge in [-0.25, -0.2) is 9.97 Å². The zero-order chi connectivity index (χ0) is 13.2. The van der Waals surface area contributed by atoms with E-state index in [9.17, 15) is 0 Å². The minimum absolute atomic E-state index is 0.180. The van der Waals surface area contributed by atoms with E-state index < -0.39 is 0 Å². The second-order valence-corrected chi connectivity index (χ2v) is 6.95. The van der Waals surface area contributed by atoms with Gasteiger partial charge in [0.15, 0.2) is 0 Å². The third-order valence-corrected chi connectivity index (χ3v) is 5.65. The van der Waals surface area contributed by atoms with Crippen LogP contribution in [0.5, 0.6) is 0 Å². The Hall–Kier alpha value is -0.780. The Morgan fingerprint density at radius 3 is 2.79 bits per heavy atom. The summed E-state index contributed by atoms with van der Waals surface area (Å²) in [5, 5.41) is 7.99. The first-order chi connectivity index (χ1) is 9.28. The van der Waals surface area contributed by atoms with E-state index in [1.54, 1.807) is 11.3 Å². The third kappa shape index (κ3) is 2.73. The Bertz CT molecular complexity index is 535. The van der Waals surface area contributed by atoms with Gasteiger partial charge in [-0.3, -0.25) is 0 Å². The highest BCUT2D eigenvalue weighted by Gasteiger charge is 2.23. The molecule has 3 rings (SSSR count). The molecule has 0 spiro atoms. The van der Waals surface area contributed by atoms with Gasteiger partial charge >= 0.3 is 0 Å². The molecule has 5 heteroatoms. The normalized spacial score (nSPS) is 16.3. The van der Waals surface area contributed by atoms with E-state index >= 15 is 0 Å². The van der Waals surface area contributed by atoms with Crippen molar-refractivity contribution in [3.8, 4) is 0 Å². The van der Waals surface area contributed by atoms with Crippen molar-refractivity contribution in [1.29, 1.82) is 0 Å². The highest BCUT2D eigenvalue weighted by Crippen LogP contribution is 2.33. The van der Waals surface area contributed by atoms with E-state index in [0.717, 1.165) is 23.7 Å². The number of fused-ring (bicyclic) bond motifs is 1. The summed E-state index contributed by atoms with van der Waals surface area (Å²) in [6.07, 6.45) is 4.97. The standard InChI is InChI=1S/C14H19N3S2/c1-3-15-12(13-16-9(2)8-18-13)14-17-10-6-4-5-7-11(10)19-14/h8,12,15H,3-7H2,1-2H3. The molecule has 2 aromatic heterocycles. The third-order valence-electron chi connectivity index (χ3n) is 3.40. The average molecular weight is 293 g/mol. The summed E-state index contributed by atoms with van der Waals surface area (Å²) in [5.41, 5.74) is 2.44. The molecule has 19 heavy (non-hydrogen) atoms. The smallest absolute Gasteiger partial charge is 0.117 e. The van der Waals surface area contributed by atoms with Crippen LogP contribution in [0.4, 0.5) is 0 Å². The van der Waals surface area contributed by atoms with Crippen molar-refractivity contribution < 1.29 is 0 Å². The van der Waals surface area contributed by atoms with Gasteiger partial charge in [0.1, 0.15) is 16.1 Å². The second kappa shape index (κ2) is 5.69. The average Bonchev–Trinajstić information content (AvgIpc) is 3.01. The van der Waals surface area contributed by atoms with Crippen LogP contribution in [0.1, 0.15) is 52.1 Å². The van der Waals surface area contributed by atoms with Crippen molar-refractivity contribution in [2.24, 2.45) is 0 Å². The molecule has 1 unspecified atom stereocenters. The van der Waals surface area contributed by atoms with E-state index in [1.165, 1.54) is 34.8 Å². The van der Waals surface area contributed by atoms with Crippen LogP contribution < -0.4 is 5.32 Å². The number of rotatable bonds is 4. The highest BCUT2D eigenvalue weighted by molar-refractivity contribution is 7.12. The van der Waals surface area contributed by atoms with Gasteiger partial charge in [0, 0.05) is 16.0 Å². The molecule has 0 amide bonds. The molecule has 0 bridgehead atoms. The predicted octanol–water partition coefficient (Wildman–Crippen LogP) is 3.49. The van der Waals surface area contributed by atoms with Crippen LogP contribution in [0, 0.1) is 6.92 Å². The first-order valence-corrected chi connectivity index (χ1v) is 8.61. The zero-order valence-electron chi connectivity index (χ0n) is 11.4. The van der Waals surface area contributed by atoms with Crippen LogP contribution in [-0.4, -0.2) is 16.5 Å². The van der Waals surface area contributed by atoms with Gasteiger partial charge in [-0.1, -0.05) is 6.92 Å². The van der Waals surface area contributed by atoms with Gasteiger partial charge in [-0.2, -0.15) is 0 Å². The number of nitrogens with one attached hydrogen (secondary N) is 1. The zero-order valence-corrected chi connectivity index (χ0v) is 13.0. The Labute approximate surface area is 122 Å². The molecule has 0 aliphatic heterocycles. The van der Waals surface area contributed by atoms with Crippen LogP contribution in [0.15, 0.2) is 5.38 Å². The lowest BCUT2D eigenvalue weighted by Crippen LogP contribution is -2.21. The van der Waals surface area contributed by atoms with Crippen molar-refractivity contribution in [2.45, 2.75) is 45.6 Å². The largest absolute Gasteiger partial charge is 0.303 e. The fraction of sp³-hybridized carbons (Fsp3) is 0.571. The Kier molecular flexibility index (Phi) is 3.96. The Morgan fingerprint density at radius 2 is 2.11 bits per heavy atom. The molecule has 0 fully saturated rings. The summed E-state index contributed by atoms with van der Waals surface area (Å²) >= 11 is 3.61. The van der Waals surface area contributed by atoms with Crippen LogP contribution in [0.25, 0.3) is 0 Å². The second-order valence-electron chi connectivity index (χ2n) is 4.95. The highest BCUT2D eigenvalue weighted by atomic mass is 32.1. The summed E-state index contributed by atoms with van der Waals surface area (Å²) in [7, 11) is 0. The Morgan fingerprint density at radius 1 is 1.26 bits per heavy atom. The van der Waals surface area contributed by atoms with Crippen molar-refractivity contribution in [3.05, 3.63) is 31.7 Å². The fourth-order valence-electron chi connectivity index (χ4n) is 2.48. The molecule has 2 aromatic rings. The lowest BCUT2D eigenvalue weighted by Gasteiger charge is -2.12. The topological polar surface area (TPSA) is 37.8 Å². The van der Waals surface area contributed by atoms with Gasteiger partial charge in [-0.15, -0.1) is 22.7 Å². The molecular weight excluding hydrogens is 274 g/mol. The number of aromatic nitrogens is 2. The molecule has 1 aliphatic carbocycles. The molecule has 1 atom stereocenters. The van der Waals surface area contributed by atoms with Crippen molar-refractivity contribution in [2.75, 3.05) is 6.54 Å². The maximum Gasteiger partial charge on any atom is 0.117 e. The molecule has 0 radical (unpaired) electrons. The summed E-state index contributed by atoms with van der Waals surface area (Å²) < 4.78 is 0. The van der Waals surface area contributed by atoms with E-state index in [1.807, 2.05) is 11.3 Å². The lowest BCUT2D eigenvalue weighted by atomic mass is 10.0. The maximum absolute atomic E-state index is 4.88. The van der Waals surface area contributed by atoms with Crippen LogP contribution in [-0.2, 0) is 12.8 Å².